The normalized spacial score (nSPS) is 17.2. The van der Waals surface area contributed by atoms with Gasteiger partial charge in [0.05, 0.1) is 10.5 Å². The minimum atomic E-state index is -4.45. The van der Waals surface area contributed by atoms with Crippen LogP contribution in [0, 0.1) is 11.8 Å². The van der Waals surface area contributed by atoms with Gasteiger partial charge in [0, 0.05) is 12.0 Å². The Balaban J connectivity index is 1.72. The number of nitrogens with zero attached hydrogens (tertiary/aromatic N) is 1. The van der Waals surface area contributed by atoms with Crippen LogP contribution in [0.2, 0.25) is 0 Å². The lowest BCUT2D eigenvalue weighted by Gasteiger charge is -2.13. The van der Waals surface area contributed by atoms with Crippen molar-refractivity contribution >= 4 is 32.9 Å². The van der Waals surface area contributed by atoms with Gasteiger partial charge in [0.1, 0.15) is 5.25 Å². The Hall–Kier alpha value is -2.77. The molecule has 29 heavy (non-hydrogen) atoms. The van der Waals surface area contributed by atoms with Crippen LogP contribution in [0.3, 0.4) is 0 Å². The first-order valence-electron chi connectivity index (χ1n) is 8.11. The molecule has 0 N–H and O–H groups in total. The number of rotatable bonds is 3. The maximum Gasteiger partial charge on any atom is 0.416 e. The number of imide groups is 1. The molecule has 0 saturated carbocycles. The van der Waals surface area contributed by atoms with E-state index in [9.17, 15) is 31.2 Å². The predicted molar refractivity (Wildman–Crippen MR) is 100 cm³/mol. The van der Waals surface area contributed by atoms with Crippen molar-refractivity contribution in [3.63, 3.8) is 0 Å². The molecule has 1 unspecified atom stereocenters. The molecular weight excluding hydrogens is 427 g/mol. The number of thioether (sulfide) groups is 1. The topological polar surface area (TPSA) is 71.5 Å². The van der Waals surface area contributed by atoms with Crippen LogP contribution in [0.4, 0.5) is 18.0 Å². The molecule has 1 fully saturated rings. The molecule has 1 heterocycles. The Labute approximate surface area is 168 Å². The molecule has 2 amide bonds. The summed E-state index contributed by atoms with van der Waals surface area (Å²) in [5.74, 6) is 4.33. The highest BCUT2D eigenvalue weighted by Gasteiger charge is 2.46. The van der Waals surface area contributed by atoms with Crippen molar-refractivity contribution in [1.29, 1.82) is 0 Å². The third kappa shape index (κ3) is 4.46. The number of halogens is 3. The summed E-state index contributed by atoms with van der Waals surface area (Å²) >= 11 is 0.551. The van der Waals surface area contributed by atoms with E-state index < -0.39 is 38.2 Å². The molecule has 0 aromatic heterocycles. The molecule has 0 radical (unpaired) electrons. The van der Waals surface area contributed by atoms with Gasteiger partial charge in [-0.1, -0.05) is 30.0 Å². The minimum Gasteiger partial charge on any atom is -0.272 e. The van der Waals surface area contributed by atoms with E-state index in [2.05, 4.69) is 11.8 Å². The average Bonchev–Trinajstić information content (AvgIpc) is 2.96. The molecule has 2 aromatic rings. The lowest BCUT2D eigenvalue weighted by molar-refractivity contribution is -0.137. The summed E-state index contributed by atoms with van der Waals surface area (Å²) in [6, 6.07) is 11.2. The molecule has 1 atom stereocenters. The van der Waals surface area contributed by atoms with Crippen molar-refractivity contribution in [2.75, 3.05) is 0 Å². The van der Waals surface area contributed by atoms with E-state index in [-0.39, 0.29) is 15.6 Å². The zero-order chi connectivity index (χ0) is 21.2. The highest BCUT2D eigenvalue weighted by molar-refractivity contribution is 8.16. The molecule has 0 aliphatic carbocycles. The van der Waals surface area contributed by atoms with E-state index in [1.165, 1.54) is 36.4 Å². The molecule has 1 aliphatic rings. The Morgan fingerprint density at radius 2 is 1.62 bits per heavy atom. The van der Waals surface area contributed by atoms with Gasteiger partial charge in [-0.2, -0.15) is 17.5 Å². The van der Waals surface area contributed by atoms with E-state index in [0.717, 1.165) is 12.1 Å². The average molecular weight is 439 g/mol. The van der Waals surface area contributed by atoms with Gasteiger partial charge in [0.25, 0.3) is 15.9 Å². The number of carbonyl (C=O) groups excluding carboxylic acids is 2. The molecular formula is C19H12F3NO4S2. The number of hydrogen-bond donors (Lipinski definition) is 0. The Morgan fingerprint density at radius 1 is 1.00 bits per heavy atom. The number of alkyl halides is 3. The van der Waals surface area contributed by atoms with Crippen LogP contribution in [-0.4, -0.2) is 29.1 Å². The van der Waals surface area contributed by atoms with Crippen molar-refractivity contribution in [2.24, 2.45) is 0 Å². The fourth-order valence-corrected chi connectivity index (χ4v) is 5.04. The zero-order valence-corrected chi connectivity index (χ0v) is 16.1. The summed E-state index contributed by atoms with van der Waals surface area (Å²) in [5.41, 5.74) is -0.509. The summed E-state index contributed by atoms with van der Waals surface area (Å²) in [7, 11) is -4.31. The van der Waals surface area contributed by atoms with Gasteiger partial charge in [-0.3, -0.25) is 9.59 Å². The summed E-state index contributed by atoms with van der Waals surface area (Å²) in [5, 5.41) is -1.93. The Morgan fingerprint density at radius 3 is 2.21 bits per heavy atom. The van der Waals surface area contributed by atoms with Gasteiger partial charge in [-0.15, -0.1) is 0 Å². The lowest BCUT2D eigenvalue weighted by atomic mass is 10.1. The monoisotopic (exact) mass is 439 g/mol. The van der Waals surface area contributed by atoms with Crippen LogP contribution in [0.15, 0.2) is 59.5 Å². The van der Waals surface area contributed by atoms with Gasteiger partial charge in [0.15, 0.2) is 0 Å². The van der Waals surface area contributed by atoms with E-state index in [0.29, 0.717) is 17.3 Å². The minimum absolute atomic E-state index is 0.128. The number of amides is 2. The molecule has 0 bridgehead atoms. The standard InChI is InChI=1S/C19H12F3NO4S2/c20-19(21,22)14-11-9-13(10-12-14)5-4-8-16-17(24)23(18(25)28-16)29(26,27)15-6-2-1-3-7-15/h1-3,6-7,9-12,16H,8H2. The van der Waals surface area contributed by atoms with Crippen LogP contribution < -0.4 is 0 Å². The number of hydrogen-bond acceptors (Lipinski definition) is 5. The summed E-state index contributed by atoms with van der Waals surface area (Å²) in [6.07, 6.45) is -4.58. The van der Waals surface area contributed by atoms with Crippen LogP contribution >= 0.6 is 11.8 Å². The zero-order valence-electron chi connectivity index (χ0n) is 14.5. The van der Waals surface area contributed by atoms with Gasteiger partial charge >= 0.3 is 11.4 Å². The summed E-state index contributed by atoms with van der Waals surface area (Å²) < 4.78 is 63.0. The van der Waals surface area contributed by atoms with Crippen molar-refractivity contribution < 1.29 is 31.2 Å². The predicted octanol–water partition coefficient (Wildman–Crippen LogP) is 3.90. The smallest absolute Gasteiger partial charge is 0.272 e. The highest BCUT2D eigenvalue weighted by Crippen LogP contribution is 2.33. The number of sulfonamides is 1. The van der Waals surface area contributed by atoms with Gasteiger partial charge < -0.3 is 0 Å². The first-order chi connectivity index (χ1) is 13.6. The van der Waals surface area contributed by atoms with E-state index in [4.69, 9.17) is 0 Å². The fourth-order valence-electron chi connectivity index (χ4n) is 2.47. The molecule has 150 valence electrons. The summed E-state index contributed by atoms with van der Waals surface area (Å²) in [6.45, 7) is 0. The second-order valence-corrected chi connectivity index (χ2v) is 8.81. The van der Waals surface area contributed by atoms with Crippen LogP contribution in [0.5, 0.6) is 0 Å². The van der Waals surface area contributed by atoms with E-state index >= 15 is 0 Å². The highest BCUT2D eigenvalue weighted by atomic mass is 32.2. The van der Waals surface area contributed by atoms with Gasteiger partial charge in [0.2, 0.25) is 0 Å². The van der Waals surface area contributed by atoms with Crippen LogP contribution in [-0.2, 0) is 21.0 Å². The van der Waals surface area contributed by atoms with Crippen molar-refractivity contribution in [1.82, 2.24) is 4.31 Å². The van der Waals surface area contributed by atoms with Crippen molar-refractivity contribution in [3.05, 3.63) is 65.7 Å². The Bertz CT molecular complexity index is 1100. The Kier molecular flexibility index (Phi) is 5.73. The number of benzene rings is 2. The molecule has 10 heteroatoms. The molecule has 2 aromatic carbocycles. The van der Waals surface area contributed by atoms with E-state index in [1.54, 1.807) is 6.07 Å². The van der Waals surface area contributed by atoms with Gasteiger partial charge in [-0.05, 0) is 48.2 Å². The molecule has 3 rings (SSSR count). The third-order valence-corrected chi connectivity index (χ3v) is 6.75. The largest absolute Gasteiger partial charge is 0.416 e. The maximum absolute atomic E-state index is 12.6. The quantitative estimate of drug-likeness (QED) is 0.679. The fraction of sp³-hybridized carbons (Fsp3) is 0.158. The third-order valence-electron chi connectivity index (χ3n) is 3.90. The number of carbonyl (C=O) groups is 2. The summed E-state index contributed by atoms with van der Waals surface area (Å²) in [4.78, 5) is 24.4. The van der Waals surface area contributed by atoms with Crippen molar-refractivity contribution in [2.45, 2.75) is 22.7 Å². The van der Waals surface area contributed by atoms with E-state index in [1.807, 2.05) is 0 Å². The van der Waals surface area contributed by atoms with Crippen LogP contribution in [0.1, 0.15) is 17.5 Å². The van der Waals surface area contributed by atoms with Crippen molar-refractivity contribution in [3.8, 4) is 11.8 Å². The second kappa shape index (κ2) is 7.93. The molecule has 5 nitrogen and oxygen atoms in total. The SMILES string of the molecule is O=C1SC(CC#Cc2ccc(C(F)(F)F)cc2)C(=O)N1S(=O)(=O)c1ccccc1. The first-order valence-corrected chi connectivity index (χ1v) is 10.4. The lowest BCUT2D eigenvalue weighted by Crippen LogP contribution is -2.37. The molecule has 0 spiro atoms. The van der Waals surface area contributed by atoms with Crippen LogP contribution in [0.25, 0.3) is 0 Å². The first kappa shape index (κ1) is 21.0. The molecule has 1 saturated heterocycles. The molecule has 1 aliphatic heterocycles. The maximum atomic E-state index is 12.6. The second-order valence-electron chi connectivity index (χ2n) is 5.87. The van der Waals surface area contributed by atoms with Gasteiger partial charge in [-0.25, -0.2) is 8.42 Å².